The van der Waals surface area contributed by atoms with Gasteiger partial charge in [-0.05, 0) is 28.7 Å². The van der Waals surface area contributed by atoms with Gasteiger partial charge in [-0.1, -0.05) is 40.2 Å². The van der Waals surface area contributed by atoms with Gasteiger partial charge in [-0.3, -0.25) is 0 Å². The summed E-state index contributed by atoms with van der Waals surface area (Å²) in [6, 6.07) is 8.65. The summed E-state index contributed by atoms with van der Waals surface area (Å²) in [6.45, 7) is 0. The number of allylic oxidation sites excluding steroid dienone is 2. The van der Waals surface area contributed by atoms with Crippen LogP contribution in [0.5, 0.6) is 0 Å². The lowest BCUT2D eigenvalue weighted by Gasteiger charge is -2.40. The molecule has 0 radical (unpaired) electrons. The SMILES string of the molecule is BrC1CC2=C1c1ccccc12. The molecule has 0 N–H and O–H groups in total. The van der Waals surface area contributed by atoms with Crippen LogP contribution in [0.25, 0.3) is 11.1 Å². The molecular formula is C10H7Br. The van der Waals surface area contributed by atoms with E-state index in [0.717, 1.165) is 0 Å². The van der Waals surface area contributed by atoms with E-state index in [1.54, 1.807) is 11.1 Å². The van der Waals surface area contributed by atoms with E-state index in [4.69, 9.17) is 0 Å². The van der Waals surface area contributed by atoms with E-state index in [1.165, 1.54) is 17.5 Å². The van der Waals surface area contributed by atoms with E-state index >= 15 is 0 Å². The van der Waals surface area contributed by atoms with Crippen molar-refractivity contribution in [2.24, 2.45) is 0 Å². The molecule has 0 saturated carbocycles. The predicted molar refractivity (Wildman–Crippen MR) is 50.6 cm³/mol. The summed E-state index contributed by atoms with van der Waals surface area (Å²) in [5.41, 5.74) is 6.09. The molecule has 2 aliphatic rings. The highest BCUT2D eigenvalue weighted by Crippen LogP contribution is 2.55. The van der Waals surface area contributed by atoms with E-state index in [9.17, 15) is 0 Å². The molecule has 1 unspecified atom stereocenters. The van der Waals surface area contributed by atoms with Crippen LogP contribution in [-0.2, 0) is 0 Å². The van der Waals surface area contributed by atoms with Crippen molar-refractivity contribution in [3.63, 3.8) is 0 Å². The van der Waals surface area contributed by atoms with Crippen LogP contribution in [0.3, 0.4) is 0 Å². The standard InChI is InChI=1S/C10H7Br/c11-9-5-8-6-3-1-2-4-7(6)10(8)9/h1-4,9H,5H2. The topological polar surface area (TPSA) is 0 Å². The third-order valence-electron chi connectivity index (χ3n) is 2.56. The summed E-state index contributed by atoms with van der Waals surface area (Å²) < 4.78 is 0. The van der Waals surface area contributed by atoms with Crippen molar-refractivity contribution < 1.29 is 0 Å². The Kier molecular flexibility index (Phi) is 0.972. The highest BCUT2D eigenvalue weighted by atomic mass is 79.9. The summed E-state index contributed by atoms with van der Waals surface area (Å²) in [6.07, 6.45) is 1.23. The van der Waals surface area contributed by atoms with Crippen molar-refractivity contribution in [1.29, 1.82) is 0 Å². The molecule has 0 bridgehead atoms. The van der Waals surface area contributed by atoms with Gasteiger partial charge in [-0.15, -0.1) is 0 Å². The summed E-state index contributed by atoms with van der Waals surface area (Å²) in [7, 11) is 0. The smallest absolute Gasteiger partial charge is 0.0445 e. The molecule has 0 aliphatic heterocycles. The van der Waals surface area contributed by atoms with Gasteiger partial charge >= 0.3 is 0 Å². The van der Waals surface area contributed by atoms with Crippen LogP contribution < -0.4 is 0 Å². The fraction of sp³-hybridized carbons (Fsp3) is 0.200. The van der Waals surface area contributed by atoms with Gasteiger partial charge in [0, 0.05) is 4.83 Å². The van der Waals surface area contributed by atoms with Gasteiger partial charge < -0.3 is 0 Å². The maximum Gasteiger partial charge on any atom is 0.0445 e. The highest BCUT2D eigenvalue weighted by Gasteiger charge is 2.38. The van der Waals surface area contributed by atoms with Gasteiger partial charge in [-0.2, -0.15) is 0 Å². The zero-order chi connectivity index (χ0) is 7.42. The van der Waals surface area contributed by atoms with Gasteiger partial charge in [-0.25, -0.2) is 0 Å². The number of hydrogen-bond acceptors (Lipinski definition) is 0. The van der Waals surface area contributed by atoms with Crippen LogP contribution in [0.2, 0.25) is 0 Å². The third-order valence-corrected chi connectivity index (χ3v) is 3.35. The second-order valence-electron chi connectivity index (χ2n) is 3.11. The molecule has 54 valence electrons. The van der Waals surface area contributed by atoms with E-state index < -0.39 is 0 Å². The van der Waals surface area contributed by atoms with Crippen LogP contribution in [0.4, 0.5) is 0 Å². The monoisotopic (exact) mass is 206 g/mol. The Morgan fingerprint density at radius 3 is 2.64 bits per heavy atom. The van der Waals surface area contributed by atoms with E-state index in [1.807, 2.05) is 0 Å². The molecule has 0 spiro atoms. The molecule has 11 heavy (non-hydrogen) atoms. The first kappa shape index (κ1) is 6.01. The normalized spacial score (nSPS) is 25.0. The molecule has 1 atom stereocenters. The van der Waals surface area contributed by atoms with Crippen molar-refractivity contribution in [3.8, 4) is 0 Å². The fourth-order valence-electron chi connectivity index (χ4n) is 1.95. The maximum atomic E-state index is 3.63. The Balaban J connectivity index is 2.21. The average molecular weight is 207 g/mol. The molecule has 0 nitrogen and oxygen atoms in total. The third kappa shape index (κ3) is 0.564. The molecule has 0 aromatic heterocycles. The molecule has 1 heteroatoms. The van der Waals surface area contributed by atoms with Gasteiger partial charge in [0.25, 0.3) is 0 Å². The summed E-state index contributed by atoms with van der Waals surface area (Å²) in [4.78, 5) is 0.646. The first-order valence-electron chi connectivity index (χ1n) is 3.85. The summed E-state index contributed by atoms with van der Waals surface area (Å²) in [5, 5.41) is 0. The van der Waals surface area contributed by atoms with Crippen LogP contribution in [-0.4, -0.2) is 4.83 Å². The molecule has 0 fully saturated rings. The first-order chi connectivity index (χ1) is 5.38. The van der Waals surface area contributed by atoms with E-state index in [2.05, 4.69) is 40.2 Å². The molecule has 1 aromatic rings. The summed E-state index contributed by atoms with van der Waals surface area (Å²) >= 11 is 3.63. The molecule has 2 aliphatic carbocycles. The minimum atomic E-state index is 0.646. The van der Waals surface area contributed by atoms with Crippen molar-refractivity contribution in [2.45, 2.75) is 11.2 Å². The van der Waals surface area contributed by atoms with Crippen LogP contribution in [0.15, 0.2) is 24.3 Å². The largest absolute Gasteiger partial charge is 0.0835 e. The quantitative estimate of drug-likeness (QED) is 0.573. The Hall–Kier alpha value is -0.560. The van der Waals surface area contributed by atoms with Crippen molar-refractivity contribution in [1.82, 2.24) is 0 Å². The minimum Gasteiger partial charge on any atom is -0.0835 e. The van der Waals surface area contributed by atoms with Crippen molar-refractivity contribution in [3.05, 3.63) is 35.4 Å². The molecule has 0 heterocycles. The lowest BCUT2D eigenvalue weighted by atomic mass is 9.68. The fourth-order valence-corrected chi connectivity index (χ4v) is 2.80. The molecule has 1 aromatic carbocycles. The lowest BCUT2D eigenvalue weighted by molar-refractivity contribution is 1.01. The Bertz CT molecular complexity index is 363. The number of benzene rings is 1. The molecule has 3 rings (SSSR count). The first-order valence-corrected chi connectivity index (χ1v) is 4.76. The van der Waals surface area contributed by atoms with Gasteiger partial charge in [0.2, 0.25) is 0 Å². The van der Waals surface area contributed by atoms with Crippen LogP contribution in [0.1, 0.15) is 17.5 Å². The maximum absolute atomic E-state index is 3.63. The Labute approximate surface area is 74.1 Å². The van der Waals surface area contributed by atoms with Gasteiger partial charge in [0.1, 0.15) is 0 Å². The van der Waals surface area contributed by atoms with E-state index in [0.29, 0.717) is 4.83 Å². The van der Waals surface area contributed by atoms with Crippen molar-refractivity contribution in [2.75, 3.05) is 0 Å². The number of hydrogen-bond donors (Lipinski definition) is 0. The zero-order valence-corrected chi connectivity index (χ0v) is 7.56. The second-order valence-corrected chi connectivity index (χ2v) is 4.21. The second kappa shape index (κ2) is 1.78. The number of alkyl halides is 1. The number of halogens is 1. The predicted octanol–water partition coefficient (Wildman–Crippen LogP) is 3.08. The minimum absolute atomic E-state index is 0.646. The lowest BCUT2D eigenvalue weighted by Crippen LogP contribution is -2.24. The zero-order valence-electron chi connectivity index (χ0n) is 5.97. The van der Waals surface area contributed by atoms with Gasteiger partial charge in [0.05, 0.1) is 0 Å². The summed E-state index contributed by atoms with van der Waals surface area (Å²) in [5.74, 6) is 0. The average Bonchev–Trinajstić information content (AvgIpc) is 1.99. The van der Waals surface area contributed by atoms with Crippen LogP contribution >= 0.6 is 15.9 Å². The van der Waals surface area contributed by atoms with E-state index in [-0.39, 0.29) is 0 Å². The highest BCUT2D eigenvalue weighted by molar-refractivity contribution is 9.09. The molecule has 0 saturated heterocycles. The van der Waals surface area contributed by atoms with Crippen LogP contribution in [0, 0.1) is 0 Å². The van der Waals surface area contributed by atoms with Crippen molar-refractivity contribution >= 4 is 27.1 Å². The molecular weight excluding hydrogens is 200 g/mol. The Morgan fingerprint density at radius 1 is 1.18 bits per heavy atom. The Morgan fingerprint density at radius 2 is 1.91 bits per heavy atom. The number of fused-ring (bicyclic) bond motifs is 3. The number of rotatable bonds is 0. The van der Waals surface area contributed by atoms with Gasteiger partial charge in [0.15, 0.2) is 0 Å². The molecule has 0 amide bonds.